The Hall–Kier alpha value is -3.36. The van der Waals surface area contributed by atoms with Gasteiger partial charge in [0.25, 0.3) is 11.8 Å². The third-order valence-electron chi connectivity index (χ3n) is 3.64. The maximum atomic E-state index is 12.6. The van der Waals surface area contributed by atoms with Gasteiger partial charge in [-0.3, -0.25) is 14.9 Å². The molecule has 0 fully saturated rings. The third-order valence-corrected chi connectivity index (χ3v) is 3.64. The highest BCUT2D eigenvalue weighted by atomic mass is 19.4. The second kappa shape index (κ2) is 6.51. The van der Waals surface area contributed by atoms with E-state index in [2.05, 4.69) is 5.32 Å². The molecule has 0 unspecified atom stereocenters. The molecule has 3 rings (SSSR count). The van der Waals surface area contributed by atoms with Gasteiger partial charge in [0.1, 0.15) is 0 Å². The Morgan fingerprint density at radius 1 is 1.00 bits per heavy atom. The number of carbonyl (C=O) groups excluding carboxylic acids is 3. The smallest absolute Gasteiger partial charge is 0.416 e. The van der Waals surface area contributed by atoms with E-state index < -0.39 is 36.4 Å². The summed E-state index contributed by atoms with van der Waals surface area (Å²) in [4.78, 5) is 36.7. The number of halogens is 3. The second-order valence-corrected chi connectivity index (χ2v) is 5.35. The van der Waals surface area contributed by atoms with Crippen molar-refractivity contribution in [3.05, 3.63) is 65.2 Å². The van der Waals surface area contributed by atoms with Crippen LogP contribution in [0.15, 0.2) is 48.5 Å². The van der Waals surface area contributed by atoms with Crippen molar-refractivity contribution in [3.63, 3.8) is 0 Å². The fraction of sp³-hybridized carbons (Fsp3) is 0.118. The topological polar surface area (TPSA) is 75.7 Å². The number of amides is 3. The van der Waals surface area contributed by atoms with Crippen molar-refractivity contribution >= 4 is 23.6 Å². The fourth-order valence-corrected chi connectivity index (χ4v) is 2.41. The van der Waals surface area contributed by atoms with Gasteiger partial charge < -0.3 is 4.74 Å². The normalized spacial score (nSPS) is 13.6. The van der Waals surface area contributed by atoms with Gasteiger partial charge in [0, 0.05) is 5.69 Å². The molecule has 6 nitrogen and oxygen atoms in total. The predicted molar refractivity (Wildman–Crippen MR) is 83.4 cm³/mol. The number of rotatable bonds is 3. The van der Waals surface area contributed by atoms with E-state index in [9.17, 15) is 27.6 Å². The molecule has 9 heteroatoms. The Labute approximate surface area is 145 Å². The van der Waals surface area contributed by atoms with Gasteiger partial charge in [-0.2, -0.15) is 13.2 Å². The van der Waals surface area contributed by atoms with E-state index in [1.54, 1.807) is 12.1 Å². The minimum atomic E-state index is -4.55. The van der Waals surface area contributed by atoms with Crippen LogP contribution in [0.4, 0.5) is 23.7 Å². The lowest BCUT2D eigenvalue weighted by Crippen LogP contribution is -2.34. The first kappa shape index (κ1) is 17.5. The van der Waals surface area contributed by atoms with Crippen molar-refractivity contribution in [1.29, 1.82) is 0 Å². The summed E-state index contributed by atoms with van der Waals surface area (Å²) in [5.41, 5.74) is -0.679. The largest absolute Gasteiger partial charge is 0.427 e. The highest BCUT2D eigenvalue weighted by Gasteiger charge is 2.36. The van der Waals surface area contributed by atoms with Crippen molar-refractivity contribution in [1.82, 2.24) is 4.90 Å². The zero-order valence-corrected chi connectivity index (χ0v) is 13.0. The molecule has 0 radical (unpaired) electrons. The van der Waals surface area contributed by atoms with Gasteiger partial charge in [0.05, 0.1) is 16.7 Å². The van der Waals surface area contributed by atoms with Crippen LogP contribution in [-0.4, -0.2) is 29.5 Å². The van der Waals surface area contributed by atoms with Crippen molar-refractivity contribution in [2.45, 2.75) is 6.18 Å². The summed E-state index contributed by atoms with van der Waals surface area (Å²) in [6, 6.07) is 10.1. The number of fused-ring (bicyclic) bond motifs is 1. The Morgan fingerprint density at radius 3 is 2.19 bits per heavy atom. The molecule has 26 heavy (non-hydrogen) atoms. The van der Waals surface area contributed by atoms with E-state index >= 15 is 0 Å². The summed E-state index contributed by atoms with van der Waals surface area (Å²) in [5.74, 6) is -1.23. The lowest BCUT2D eigenvalue weighted by Gasteiger charge is -2.14. The van der Waals surface area contributed by atoms with Crippen LogP contribution in [0.3, 0.4) is 0 Å². The molecule has 1 N–H and O–H groups in total. The highest BCUT2D eigenvalue weighted by molar-refractivity contribution is 6.21. The highest BCUT2D eigenvalue weighted by Crippen LogP contribution is 2.30. The SMILES string of the molecule is O=C(Nc1cccc(C(F)(F)F)c1)OCN1C(=O)c2ccccc2C1=O. The number of hydrogen-bond donors (Lipinski definition) is 1. The summed E-state index contributed by atoms with van der Waals surface area (Å²) in [7, 11) is 0. The zero-order valence-electron chi connectivity index (χ0n) is 13.0. The van der Waals surface area contributed by atoms with Gasteiger partial charge in [-0.15, -0.1) is 0 Å². The number of anilines is 1. The molecule has 134 valence electrons. The summed E-state index contributed by atoms with van der Waals surface area (Å²) in [6.07, 6.45) is -5.65. The first-order chi connectivity index (χ1) is 12.3. The summed E-state index contributed by atoms with van der Waals surface area (Å²) in [6.45, 7) is -0.656. The lowest BCUT2D eigenvalue weighted by atomic mass is 10.1. The fourth-order valence-electron chi connectivity index (χ4n) is 2.41. The minimum Gasteiger partial charge on any atom is -0.427 e. The van der Waals surface area contributed by atoms with Gasteiger partial charge in [0.15, 0.2) is 6.73 Å². The van der Waals surface area contributed by atoms with E-state index in [1.165, 1.54) is 18.2 Å². The molecular formula is C17H11F3N2O4. The van der Waals surface area contributed by atoms with Crippen molar-refractivity contribution in [3.8, 4) is 0 Å². The summed E-state index contributed by atoms with van der Waals surface area (Å²) >= 11 is 0. The van der Waals surface area contributed by atoms with Gasteiger partial charge in [-0.05, 0) is 30.3 Å². The van der Waals surface area contributed by atoms with Crippen LogP contribution in [0.1, 0.15) is 26.3 Å². The predicted octanol–water partition coefficient (Wildman–Crippen LogP) is 3.51. The number of ether oxygens (including phenoxy) is 1. The number of imide groups is 1. The second-order valence-electron chi connectivity index (χ2n) is 5.35. The number of carbonyl (C=O) groups is 3. The Morgan fingerprint density at radius 2 is 1.62 bits per heavy atom. The van der Waals surface area contributed by atoms with Gasteiger partial charge in [-0.25, -0.2) is 9.69 Å². The minimum absolute atomic E-state index is 0.132. The molecule has 0 aromatic heterocycles. The first-order valence-electron chi connectivity index (χ1n) is 7.33. The average molecular weight is 364 g/mol. The molecule has 0 atom stereocenters. The first-order valence-corrected chi connectivity index (χ1v) is 7.33. The quantitative estimate of drug-likeness (QED) is 0.846. The maximum Gasteiger partial charge on any atom is 0.416 e. The Bertz CT molecular complexity index is 861. The Balaban J connectivity index is 1.62. The van der Waals surface area contributed by atoms with Crippen LogP contribution >= 0.6 is 0 Å². The van der Waals surface area contributed by atoms with E-state index in [0.29, 0.717) is 0 Å². The number of nitrogens with one attached hydrogen (secondary N) is 1. The van der Waals surface area contributed by atoms with Crippen LogP contribution in [0.5, 0.6) is 0 Å². The van der Waals surface area contributed by atoms with Crippen molar-refractivity contribution < 1.29 is 32.3 Å². The molecule has 0 saturated carbocycles. The van der Waals surface area contributed by atoms with Crippen LogP contribution in [0.2, 0.25) is 0 Å². The molecule has 1 aliphatic rings. The standard InChI is InChI=1S/C17H11F3N2O4/c18-17(19,20)10-4-3-5-11(8-10)21-16(25)26-9-22-14(23)12-6-1-2-7-13(12)15(22)24/h1-8H,9H2,(H,21,25). The van der Waals surface area contributed by atoms with E-state index in [4.69, 9.17) is 4.74 Å². The molecule has 2 aromatic carbocycles. The molecule has 0 saturated heterocycles. The molecule has 2 aromatic rings. The average Bonchev–Trinajstić information content (AvgIpc) is 2.84. The maximum absolute atomic E-state index is 12.6. The molecule has 1 aliphatic heterocycles. The summed E-state index contributed by atoms with van der Waals surface area (Å²) < 4.78 is 42.7. The Kier molecular flexibility index (Phi) is 4.37. The molecule has 0 bridgehead atoms. The summed E-state index contributed by atoms with van der Waals surface area (Å²) in [5, 5.41) is 2.12. The van der Waals surface area contributed by atoms with E-state index in [-0.39, 0.29) is 16.8 Å². The van der Waals surface area contributed by atoms with Gasteiger partial charge >= 0.3 is 12.3 Å². The lowest BCUT2D eigenvalue weighted by molar-refractivity contribution is -0.137. The van der Waals surface area contributed by atoms with Crippen LogP contribution < -0.4 is 5.32 Å². The van der Waals surface area contributed by atoms with Crippen LogP contribution in [0, 0.1) is 0 Å². The third kappa shape index (κ3) is 3.37. The zero-order chi connectivity index (χ0) is 18.9. The van der Waals surface area contributed by atoms with Gasteiger partial charge in [-0.1, -0.05) is 18.2 Å². The monoisotopic (exact) mass is 364 g/mol. The van der Waals surface area contributed by atoms with Crippen LogP contribution in [0.25, 0.3) is 0 Å². The molecule has 1 heterocycles. The van der Waals surface area contributed by atoms with E-state index in [0.717, 1.165) is 23.1 Å². The molecule has 0 aliphatic carbocycles. The number of hydrogen-bond acceptors (Lipinski definition) is 4. The number of benzene rings is 2. The van der Waals surface area contributed by atoms with Gasteiger partial charge in [0.2, 0.25) is 0 Å². The van der Waals surface area contributed by atoms with Crippen LogP contribution in [-0.2, 0) is 10.9 Å². The van der Waals surface area contributed by atoms with Crippen molar-refractivity contribution in [2.24, 2.45) is 0 Å². The molecule has 0 spiro atoms. The number of nitrogens with zero attached hydrogens (tertiary/aromatic N) is 1. The van der Waals surface area contributed by atoms with Crippen molar-refractivity contribution in [2.75, 3.05) is 12.0 Å². The number of alkyl halides is 3. The molecule has 3 amide bonds. The molecular weight excluding hydrogens is 353 g/mol. The van der Waals surface area contributed by atoms with E-state index in [1.807, 2.05) is 0 Å².